The number of nitrogens with zero attached hydrogens (tertiary/aromatic N) is 1. The first kappa shape index (κ1) is 18.4. The van der Waals surface area contributed by atoms with E-state index in [1.54, 1.807) is 19.9 Å². The molecule has 0 bridgehead atoms. The highest BCUT2D eigenvalue weighted by molar-refractivity contribution is 5.95. The Morgan fingerprint density at radius 1 is 1.27 bits per heavy atom. The number of rotatable bonds is 5. The van der Waals surface area contributed by atoms with Gasteiger partial charge in [0.05, 0.1) is 19.3 Å². The largest absolute Gasteiger partial charge is 0.465 e. The van der Waals surface area contributed by atoms with Gasteiger partial charge in [0, 0.05) is 25.3 Å². The van der Waals surface area contributed by atoms with Gasteiger partial charge >= 0.3 is 0 Å². The average Bonchev–Trinajstić information content (AvgIpc) is 3.01. The molecule has 0 spiro atoms. The van der Waals surface area contributed by atoms with Crippen molar-refractivity contribution in [3.05, 3.63) is 56.9 Å². The van der Waals surface area contributed by atoms with E-state index >= 15 is 0 Å². The van der Waals surface area contributed by atoms with Crippen LogP contribution in [-0.4, -0.2) is 48.6 Å². The lowest BCUT2D eigenvalue weighted by atomic mass is 10.1. The van der Waals surface area contributed by atoms with Crippen molar-refractivity contribution in [2.24, 2.45) is 0 Å². The van der Waals surface area contributed by atoms with Crippen LogP contribution in [0.4, 0.5) is 0 Å². The molecular formula is C19H25N3O4. The van der Waals surface area contributed by atoms with E-state index in [9.17, 15) is 9.59 Å². The Kier molecular flexibility index (Phi) is 5.58. The third-order valence-corrected chi connectivity index (χ3v) is 4.62. The van der Waals surface area contributed by atoms with Gasteiger partial charge < -0.3 is 19.5 Å². The number of pyridine rings is 1. The second-order valence-corrected chi connectivity index (χ2v) is 6.66. The molecule has 0 aromatic carbocycles. The second-order valence-electron chi connectivity index (χ2n) is 6.66. The maximum absolute atomic E-state index is 12.6. The summed E-state index contributed by atoms with van der Waals surface area (Å²) in [6, 6.07) is 5.55. The summed E-state index contributed by atoms with van der Waals surface area (Å²) in [6.07, 6.45) is 0. The Hall–Kier alpha value is -2.38. The van der Waals surface area contributed by atoms with Crippen molar-refractivity contribution in [1.82, 2.24) is 15.2 Å². The van der Waals surface area contributed by atoms with Crippen LogP contribution in [0.25, 0.3) is 0 Å². The maximum Gasteiger partial charge on any atom is 0.261 e. The fourth-order valence-corrected chi connectivity index (χ4v) is 3.34. The number of morpholine rings is 1. The van der Waals surface area contributed by atoms with Crippen molar-refractivity contribution in [2.75, 3.05) is 32.8 Å². The summed E-state index contributed by atoms with van der Waals surface area (Å²) < 4.78 is 11.2. The number of hydrogen-bond donors (Lipinski definition) is 2. The third kappa shape index (κ3) is 4.05. The third-order valence-electron chi connectivity index (χ3n) is 4.62. The molecule has 1 atom stereocenters. The fraction of sp³-hybridized carbons (Fsp3) is 0.474. The summed E-state index contributed by atoms with van der Waals surface area (Å²) in [7, 11) is 0. The van der Waals surface area contributed by atoms with Crippen LogP contribution in [0.15, 0.2) is 27.4 Å². The molecule has 0 saturated carbocycles. The summed E-state index contributed by atoms with van der Waals surface area (Å²) in [5, 5.41) is 2.90. The molecule has 1 aliphatic heterocycles. The molecule has 26 heavy (non-hydrogen) atoms. The Morgan fingerprint density at radius 3 is 2.62 bits per heavy atom. The van der Waals surface area contributed by atoms with E-state index in [1.165, 1.54) is 0 Å². The van der Waals surface area contributed by atoms with Crippen molar-refractivity contribution >= 4 is 5.91 Å². The maximum atomic E-state index is 12.6. The molecule has 1 fully saturated rings. The number of furan rings is 1. The second kappa shape index (κ2) is 7.88. The Morgan fingerprint density at radius 2 is 2.00 bits per heavy atom. The molecule has 2 N–H and O–H groups in total. The van der Waals surface area contributed by atoms with E-state index in [0.717, 1.165) is 30.3 Å². The number of carbonyl (C=O) groups is 1. The number of carbonyl (C=O) groups excluding carboxylic acids is 1. The van der Waals surface area contributed by atoms with E-state index < -0.39 is 0 Å². The number of nitrogens with one attached hydrogen (secondary N) is 2. The van der Waals surface area contributed by atoms with Gasteiger partial charge in [-0.1, -0.05) is 0 Å². The van der Waals surface area contributed by atoms with Crippen LogP contribution in [0, 0.1) is 20.8 Å². The van der Waals surface area contributed by atoms with Crippen LogP contribution in [0.1, 0.15) is 39.2 Å². The van der Waals surface area contributed by atoms with Gasteiger partial charge in [0.1, 0.15) is 17.1 Å². The molecule has 140 valence electrons. The first-order valence-electron chi connectivity index (χ1n) is 8.82. The van der Waals surface area contributed by atoms with Crippen molar-refractivity contribution in [1.29, 1.82) is 0 Å². The molecule has 1 amide bonds. The quantitative estimate of drug-likeness (QED) is 0.848. The van der Waals surface area contributed by atoms with Gasteiger partial charge in [-0.05, 0) is 44.5 Å². The van der Waals surface area contributed by atoms with E-state index in [-0.39, 0.29) is 23.1 Å². The lowest BCUT2D eigenvalue weighted by Crippen LogP contribution is -2.44. The van der Waals surface area contributed by atoms with Crippen molar-refractivity contribution in [3.8, 4) is 0 Å². The first-order chi connectivity index (χ1) is 12.5. The van der Waals surface area contributed by atoms with E-state index in [4.69, 9.17) is 9.15 Å². The zero-order valence-corrected chi connectivity index (χ0v) is 15.4. The molecule has 2 aromatic rings. The standard InChI is InChI=1S/C19H25N3O4/c1-12-10-13(2)21-19(24)17(12)18(23)20-11-15(16-5-4-14(3)26-16)22-6-8-25-9-7-22/h4-5,10,15H,6-9,11H2,1-3H3,(H,20,23)(H,21,24). The molecular weight excluding hydrogens is 334 g/mol. The fourth-order valence-electron chi connectivity index (χ4n) is 3.34. The van der Waals surface area contributed by atoms with Crippen molar-refractivity contribution in [3.63, 3.8) is 0 Å². The zero-order valence-electron chi connectivity index (χ0n) is 15.4. The first-order valence-corrected chi connectivity index (χ1v) is 8.82. The molecule has 1 unspecified atom stereocenters. The van der Waals surface area contributed by atoms with E-state index in [0.29, 0.717) is 25.3 Å². The monoisotopic (exact) mass is 359 g/mol. The van der Waals surface area contributed by atoms with Gasteiger partial charge in [-0.15, -0.1) is 0 Å². The smallest absolute Gasteiger partial charge is 0.261 e. The Bertz CT molecular complexity index is 834. The van der Waals surface area contributed by atoms with Crippen molar-refractivity contribution in [2.45, 2.75) is 26.8 Å². The number of aromatic nitrogens is 1. The number of ether oxygens (including phenoxy) is 1. The van der Waals surface area contributed by atoms with Crippen molar-refractivity contribution < 1.29 is 13.9 Å². The predicted molar refractivity (Wildman–Crippen MR) is 97.4 cm³/mol. The zero-order chi connectivity index (χ0) is 18.7. The highest BCUT2D eigenvalue weighted by atomic mass is 16.5. The normalized spacial score (nSPS) is 16.4. The van der Waals surface area contributed by atoms with Crippen LogP contribution in [-0.2, 0) is 4.74 Å². The van der Waals surface area contributed by atoms with Gasteiger partial charge in [0.25, 0.3) is 11.5 Å². The van der Waals surface area contributed by atoms with Gasteiger partial charge in [0.2, 0.25) is 0 Å². The van der Waals surface area contributed by atoms with Crippen LogP contribution in [0.5, 0.6) is 0 Å². The minimum Gasteiger partial charge on any atom is -0.465 e. The molecule has 2 aromatic heterocycles. The lowest BCUT2D eigenvalue weighted by Gasteiger charge is -2.33. The summed E-state index contributed by atoms with van der Waals surface area (Å²) in [5.74, 6) is 1.26. The molecule has 3 rings (SSSR count). The highest BCUT2D eigenvalue weighted by Crippen LogP contribution is 2.23. The number of aryl methyl sites for hydroxylation is 3. The number of amides is 1. The van der Waals surface area contributed by atoms with Gasteiger partial charge in [0.15, 0.2) is 0 Å². The molecule has 7 nitrogen and oxygen atoms in total. The molecule has 1 aliphatic rings. The Labute approximate surface area is 152 Å². The number of aromatic amines is 1. The number of hydrogen-bond acceptors (Lipinski definition) is 5. The predicted octanol–water partition coefficient (Wildman–Crippen LogP) is 1.70. The molecule has 1 saturated heterocycles. The van der Waals surface area contributed by atoms with Crippen LogP contribution in [0.3, 0.4) is 0 Å². The number of H-pyrrole nitrogens is 1. The van der Waals surface area contributed by atoms with Crippen LogP contribution < -0.4 is 10.9 Å². The SMILES string of the molecule is Cc1cc(C)c(C(=O)NCC(c2ccc(C)o2)N2CCOCC2)c(=O)[nH]1. The minimum atomic E-state index is -0.370. The summed E-state index contributed by atoms with van der Waals surface area (Å²) >= 11 is 0. The molecule has 3 heterocycles. The van der Waals surface area contributed by atoms with E-state index in [2.05, 4.69) is 15.2 Å². The average molecular weight is 359 g/mol. The highest BCUT2D eigenvalue weighted by Gasteiger charge is 2.26. The summed E-state index contributed by atoms with van der Waals surface area (Å²) in [4.78, 5) is 29.7. The Balaban J connectivity index is 1.77. The molecule has 7 heteroatoms. The lowest BCUT2D eigenvalue weighted by molar-refractivity contribution is 0.0117. The van der Waals surface area contributed by atoms with E-state index in [1.807, 2.05) is 19.1 Å². The molecule has 0 radical (unpaired) electrons. The van der Waals surface area contributed by atoms with Gasteiger partial charge in [-0.2, -0.15) is 0 Å². The van der Waals surface area contributed by atoms with Gasteiger partial charge in [-0.25, -0.2) is 0 Å². The summed E-state index contributed by atoms with van der Waals surface area (Å²) in [5.41, 5.74) is 1.20. The molecule has 0 aliphatic carbocycles. The van der Waals surface area contributed by atoms with Crippen LogP contribution in [0.2, 0.25) is 0 Å². The topological polar surface area (TPSA) is 87.6 Å². The minimum absolute atomic E-state index is 0.0959. The summed E-state index contributed by atoms with van der Waals surface area (Å²) in [6.45, 7) is 8.67. The van der Waals surface area contributed by atoms with Gasteiger partial charge in [-0.3, -0.25) is 14.5 Å². The van der Waals surface area contributed by atoms with Crippen LogP contribution >= 0.6 is 0 Å².